The molecule has 2 atom stereocenters. The fourth-order valence-corrected chi connectivity index (χ4v) is 4.64. The van der Waals surface area contributed by atoms with Gasteiger partial charge in [-0.05, 0) is 31.5 Å². The molecule has 2 unspecified atom stereocenters. The van der Waals surface area contributed by atoms with Crippen LogP contribution in [0.5, 0.6) is 0 Å². The van der Waals surface area contributed by atoms with Gasteiger partial charge < -0.3 is 19.2 Å². The molecule has 2 aromatic rings. The molecule has 1 amide bonds. The molecule has 3 heterocycles. The number of imidazole rings is 1. The third kappa shape index (κ3) is 3.66. The van der Waals surface area contributed by atoms with Crippen molar-refractivity contribution in [2.75, 3.05) is 13.2 Å². The maximum atomic E-state index is 14.3. The van der Waals surface area contributed by atoms with Crippen LogP contribution in [0.4, 0.5) is 17.6 Å². The lowest BCUT2D eigenvalue weighted by Gasteiger charge is -2.23. The van der Waals surface area contributed by atoms with Crippen molar-refractivity contribution in [1.82, 2.24) is 14.5 Å². The molecule has 4 rings (SSSR count). The lowest BCUT2D eigenvalue weighted by Crippen LogP contribution is -2.41. The van der Waals surface area contributed by atoms with Crippen molar-refractivity contribution in [2.45, 2.75) is 44.2 Å². The Kier molecular flexibility index (Phi) is 5.71. The van der Waals surface area contributed by atoms with Crippen LogP contribution in [0.1, 0.15) is 35.7 Å². The number of nitrogens with one attached hydrogen (secondary N) is 1. The van der Waals surface area contributed by atoms with Gasteiger partial charge in [-0.3, -0.25) is 4.79 Å². The molecule has 0 bridgehead atoms. The monoisotopic (exact) mass is 443 g/mol. The Morgan fingerprint density at radius 3 is 2.60 bits per heavy atom. The molecule has 0 aliphatic carbocycles. The molecule has 10 heteroatoms. The summed E-state index contributed by atoms with van der Waals surface area (Å²) in [4.78, 5) is 12.5. The molecular formula is C20H21F4N3O2S. The van der Waals surface area contributed by atoms with E-state index < -0.39 is 34.8 Å². The van der Waals surface area contributed by atoms with E-state index in [4.69, 9.17) is 17.0 Å². The number of ether oxygens (including phenoxy) is 1. The Bertz CT molecular complexity index is 1030. The van der Waals surface area contributed by atoms with Gasteiger partial charge in [-0.2, -0.15) is 0 Å². The molecule has 0 saturated carbocycles. The van der Waals surface area contributed by atoms with Gasteiger partial charge in [0.05, 0.1) is 19.1 Å². The van der Waals surface area contributed by atoms with Crippen molar-refractivity contribution in [1.29, 1.82) is 0 Å². The van der Waals surface area contributed by atoms with Gasteiger partial charge in [-0.25, -0.2) is 17.6 Å². The van der Waals surface area contributed by atoms with E-state index in [-0.39, 0.29) is 37.4 Å². The van der Waals surface area contributed by atoms with Crippen molar-refractivity contribution in [3.05, 3.63) is 51.1 Å². The largest absolute Gasteiger partial charge is 0.379 e. The van der Waals surface area contributed by atoms with Crippen LogP contribution in [0.2, 0.25) is 0 Å². The molecule has 30 heavy (non-hydrogen) atoms. The van der Waals surface area contributed by atoms with E-state index in [0.29, 0.717) is 29.4 Å². The zero-order chi connectivity index (χ0) is 21.6. The lowest BCUT2D eigenvalue weighted by atomic mass is 9.94. The summed E-state index contributed by atoms with van der Waals surface area (Å²) in [6, 6.07) is 0.147. The second-order valence-corrected chi connectivity index (χ2v) is 8.15. The molecule has 0 radical (unpaired) electrons. The normalized spacial score (nSPS) is 21.0. The first kappa shape index (κ1) is 21.0. The van der Waals surface area contributed by atoms with Crippen LogP contribution >= 0.6 is 12.2 Å². The zero-order valence-corrected chi connectivity index (χ0v) is 17.1. The van der Waals surface area contributed by atoms with E-state index in [1.807, 2.05) is 0 Å². The number of halogens is 4. The van der Waals surface area contributed by atoms with Crippen molar-refractivity contribution < 1.29 is 27.1 Å². The van der Waals surface area contributed by atoms with Crippen LogP contribution in [0.15, 0.2) is 6.07 Å². The van der Waals surface area contributed by atoms with E-state index in [0.717, 1.165) is 12.8 Å². The maximum absolute atomic E-state index is 14.3. The SMILES string of the molecule is Cn1c(CC(=O)NC2CCCOC2)c2n(c1=S)CC(c1c(F)c(F)cc(F)c1F)C2. The van der Waals surface area contributed by atoms with Gasteiger partial charge in [0.2, 0.25) is 5.91 Å². The first-order chi connectivity index (χ1) is 14.3. The van der Waals surface area contributed by atoms with Crippen LogP contribution in [0.25, 0.3) is 0 Å². The average Bonchev–Trinajstić information content (AvgIpc) is 3.22. The van der Waals surface area contributed by atoms with Crippen molar-refractivity contribution in [3.8, 4) is 0 Å². The molecule has 5 nitrogen and oxygen atoms in total. The highest BCUT2D eigenvalue weighted by Crippen LogP contribution is 2.36. The smallest absolute Gasteiger partial charge is 0.226 e. The summed E-state index contributed by atoms with van der Waals surface area (Å²) in [5, 5.41) is 2.93. The zero-order valence-electron chi connectivity index (χ0n) is 16.3. The van der Waals surface area contributed by atoms with Crippen molar-refractivity contribution in [2.24, 2.45) is 7.05 Å². The van der Waals surface area contributed by atoms with Crippen LogP contribution in [0.3, 0.4) is 0 Å². The maximum Gasteiger partial charge on any atom is 0.226 e. The second-order valence-electron chi connectivity index (χ2n) is 7.79. The number of carbonyl (C=O) groups is 1. The highest BCUT2D eigenvalue weighted by atomic mass is 32.1. The van der Waals surface area contributed by atoms with Gasteiger partial charge in [0.25, 0.3) is 0 Å². The summed E-state index contributed by atoms with van der Waals surface area (Å²) in [6.45, 7) is 1.23. The topological polar surface area (TPSA) is 48.2 Å². The Balaban J connectivity index is 1.59. The van der Waals surface area contributed by atoms with Crippen LogP contribution in [-0.4, -0.2) is 34.3 Å². The van der Waals surface area contributed by atoms with Gasteiger partial charge in [0.1, 0.15) is 0 Å². The molecule has 1 aromatic carbocycles. The number of aromatic nitrogens is 2. The number of hydrogen-bond donors (Lipinski definition) is 1. The predicted octanol–water partition coefficient (Wildman–Crippen LogP) is 3.29. The van der Waals surface area contributed by atoms with E-state index in [9.17, 15) is 22.4 Å². The number of hydrogen-bond acceptors (Lipinski definition) is 3. The third-order valence-corrected chi connectivity index (χ3v) is 6.33. The van der Waals surface area contributed by atoms with Crippen molar-refractivity contribution in [3.63, 3.8) is 0 Å². The quantitative estimate of drug-likeness (QED) is 0.448. The number of rotatable bonds is 4. The summed E-state index contributed by atoms with van der Waals surface area (Å²) in [7, 11) is 1.72. The summed E-state index contributed by atoms with van der Waals surface area (Å²) in [5.74, 6) is -6.67. The number of fused-ring (bicyclic) bond motifs is 1. The fourth-order valence-electron chi connectivity index (χ4n) is 4.35. The Hall–Kier alpha value is -2.20. The minimum absolute atomic E-state index is 0.0359. The number of benzene rings is 1. The molecule has 1 saturated heterocycles. The number of amides is 1. The summed E-state index contributed by atoms with van der Waals surface area (Å²) in [6.07, 6.45) is 1.87. The van der Waals surface area contributed by atoms with E-state index >= 15 is 0 Å². The van der Waals surface area contributed by atoms with E-state index in [1.54, 1.807) is 16.2 Å². The molecule has 2 aliphatic rings. The Morgan fingerprint density at radius 1 is 1.27 bits per heavy atom. The molecular weight excluding hydrogens is 422 g/mol. The van der Waals surface area contributed by atoms with Crippen LogP contribution < -0.4 is 5.32 Å². The average molecular weight is 443 g/mol. The minimum Gasteiger partial charge on any atom is -0.379 e. The number of carbonyl (C=O) groups excluding carboxylic acids is 1. The summed E-state index contributed by atoms with van der Waals surface area (Å²) in [5.41, 5.74) is 0.642. The summed E-state index contributed by atoms with van der Waals surface area (Å²) >= 11 is 5.41. The highest BCUT2D eigenvalue weighted by Gasteiger charge is 2.34. The Morgan fingerprint density at radius 2 is 1.97 bits per heavy atom. The van der Waals surface area contributed by atoms with Crippen LogP contribution in [0, 0.1) is 28.0 Å². The molecule has 1 fully saturated rings. The van der Waals surface area contributed by atoms with E-state index in [1.165, 1.54) is 0 Å². The number of nitrogens with zero attached hydrogens (tertiary/aromatic N) is 2. The van der Waals surface area contributed by atoms with Gasteiger partial charge in [0.15, 0.2) is 28.0 Å². The highest BCUT2D eigenvalue weighted by molar-refractivity contribution is 7.71. The van der Waals surface area contributed by atoms with E-state index in [2.05, 4.69) is 5.32 Å². The Labute approximate surface area is 175 Å². The van der Waals surface area contributed by atoms with Gasteiger partial charge in [-0.15, -0.1) is 0 Å². The molecule has 1 N–H and O–H groups in total. The van der Waals surface area contributed by atoms with Crippen molar-refractivity contribution >= 4 is 18.1 Å². The van der Waals surface area contributed by atoms with Gasteiger partial charge in [-0.1, -0.05) is 0 Å². The predicted molar refractivity (Wildman–Crippen MR) is 103 cm³/mol. The standard InChI is InChI=1S/C20H21F4N3O2S/c1-26-14(7-16(28)25-11-3-2-4-29-9-11)15-5-10(8-27(15)20(26)30)17-18(23)12(21)6-13(22)19(17)24/h6,10-11H,2-5,7-9H2,1H3,(H,25,28). The first-order valence-electron chi connectivity index (χ1n) is 9.75. The summed E-state index contributed by atoms with van der Waals surface area (Å²) < 4.78 is 65.0. The van der Waals surface area contributed by atoms with Gasteiger partial charge in [0, 0.05) is 49.1 Å². The lowest BCUT2D eigenvalue weighted by molar-refractivity contribution is -0.122. The minimum atomic E-state index is -1.43. The van der Waals surface area contributed by atoms with Gasteiger partial charge >= 0.3 is 0 Å². The first-order valence-corrected chi connectivity index (χ1v) is 10.2. The molecule has 0 spiro atoms. The third-order valence-electron chi connectivity index (χ3n) is 5.83. The molecule has 2 aliphatic heterocycles. The fraction of sp³-hybridized carbons (Fsp3) is 0.500. The molecule has 162 valence electrons. The van der Waals surface area contributed by atoms with Crippen LogP contribution in [-0.2, 0) is 36.0 Å². The molecule has 1 aromatic heterocycles. The second kappa shape index (κ2) is 8.14.